The van der Waals surface area contributed by atoms with E-state index in [1.807, 2.05) is 0 Å². The molecule has 1 fully saturated rings. The van der Waals surface area contributed by atoms with Crippen molar-refractivity contribution >= 4 is 16.0 Å². The minimum atomic E-state index is -3.64. The largest absolute Gasteiger partial charge is 0.480 e. The first kappa shape index (κ1) is 14.0. The number of sulfonamides is 1. The highest BCUT2D eigenvalue weighted by Gasteiger charge is 2.45. The van der Waals surface area contributed by atoms with E-state index in [2.05, 4.69) is 5.16 Å². The number of carbonyl (C=O) groups is 1. The first-order valence-corrected chi connectivity index (χ1v) is 7.26. The van der Waals surface area contributed by atoms with Crippen molar-refractivity contribution in [1.82, 2.24) is 9.46 Å². The van der Waals surface area contributed by atoms with Gasteiger partial charge in [0, 0.05) is 19.2 Å². The van der Waals surface area contributed by atoms with Gasteiger partial charge in [-0.25, -0.2) is 8.42 Å². The summed E-state index contributed by atoms with van der Waals surface area (Å²) in [5.74, 6) is -0.993. The Hall–Kier alpha value is -1.45. The highest BCUT2D eigenvalue weighted by molar-refractivity contribution is 7.88. The predicted molar refractivity (Wildman–Crippen MR) is 64.6 cm³/mol. The quantitative estimate of drug-likeness (QED) is 0.750. The van der Waals surface area contributed by atoms with Crippen LogP contribution in [0, 0.1) is 6.92 Å². The maximum atomic E-state index is 12.1. The lowest BCUT2D eigenvalue weighted by atomic mass is 10.0. The monoisotopic (exact) mass is 289 g/mol. The number of carboxylic acid groups (broad SMARTS) is 1. The van der Waals surface area contributed by atoms with Gasteiger partial charge in [-0.1, -0.05) is 5.16 Å². The number of aryl methyl sites for hydroxylation is 1. The third-order valence-corrected chi connectivity index (χ3v) is 4.85. The third-order valence-electron chi connectivity index (χ3n) is 3.09. The van der Waals surface area contributed by atoms with Gasteiger partial charge in [0.05, 0.1) is 0 Å². The van der Waals surface area contributed by atoms with E-state index in [4.69, 9.17) is 15.4 Å². The summed E-state index contributed by atoms with van der Waals surface area (Å²) in [6, 6.07) is 1.53. The van der Waals surface area contributed by atoms with Gasteiger partial charge in [0.2, 0.25) is 10.0 Å². The standard InChI is InChI=1S/C10H15N3O5S/c1-7-4-8(12-18-7)5-19(16,17)13-3-2-10(11,6-13)9(14)15/h4H,2-3,5-6,11H2,1H3,(H,14,15). The molecule has 0 aromatic carbocycles. The normalized spacial score (nSPS) is 24.7. The average Bonchev–Trinajstić information content (AvgIpc) is 2.86. The van der Waals surface area contributed by atoms with Crippen LogP contribution in [0.4, 0.5) is 0 Å². The van der Waals surface area contributed by atoms with Crippen molar-refractivity contribution in [1.29, 1.82) is 0 Å². The second kappa shape index (κ2) is 4.58. The minimum absolute atomic E-state index is 0.0966. The molecule has 2 rings (SSSR count). The van der Waals surface area contributed by atoms with Crippen LogP contribution in [0.25, 0.3) is 0 Å². The number of rotatable bonds is 4. The highest BCUT2D eigenvalue weighted by atomic mass is 32.2. The van der Waals surface area contributed by atoms with Crippen LogP contribution in [0.1, 0.15) is 17.9 Å². The van der Waals surface area contributed by atoms with Crippen LogP contribution in [0.3, 0.4) is 0 Å². The molecular formula is C10H15N3O5S. The van der Waals surface area contributed by atoms with Gasteiger partial charge in [-0.15, -0.1) is 0 Å². The molecule has 0 radical (unpaired) electrons. The summed E-state index contributed by atoms with van der Waals surface area (Å²) >= 11 is 0. The van der Waals surface area contributed by atoms with Gasteiger partial charge in [0.1, 0.15) is 22.7 Å². The van der Waals surface area contributed by atoms with Gasteiger partial charge >= 0.3 is 5.97 Å². The van der Waals surface area contributed by atoms with Crippen molar-refractivity contribution in [3.63, 3.8) is 0 Å². The molecular weight excluding hydrogens is 274 g/mol. The molecule has 0 aliphatic carbocycles. The Balaban J connectivity index is 2.12. The predicted octanol–water partition coefficient (Wildman–Crippen LogP) is -0.699. The SMILES string of the molecule is Cc1cc(CS(=O)(=O)N2CCC(N)(C(=O)O)C2)no1. The number of nitrogens with two attached hydrogens (primary N) is 1. The van der Waals surface area contributed by atoms with Crippen LogP contribution in [0.15, 0.2) is 10.6 Å². The summed E-state index contributed by atoms with van der Waals surface area (Å²) in [7, 11) is -3.64. The summed E-state index contributed by atoms with van der Waals surface area (Å²) in [5, 5.41) is 12.6. The first-order chi connectivity index (χ1) is 8.73. The molecule has 8 nitrogen and oxygen atoms in total. The van der Waals surface area contributed by atoms with Gasteiger partial charge in [0.25, 0.3) is 0 Å². The van der Waals surface area contributed by atoms with Crippen LogP contribution in [-0.2, 0) is 20.6 Å². The van der Waals surface area contributed by atoms with Crippen molar-refractivity contribution in [2.45, 2.75) is 24.6 Å². The summed E-state index contributed by atoms with van der Waals surface area (Å²) < 4.78 is 30.1. The molecule has 106 valence electrons. The van der Waals surface area contributed by atoms with E-state index in [0.29, 0.717) is 11.5 Å². The summed E-state index contributed by atoms with van der Waals surface area (Å²) in [4.78, 5) is 11.0. The molecule has 1 atom stereocenters. The van der Waals surface area contributed by atoms with Gasteiger partial charge < -0.3 is 15.4 Å². The Morgan fingerprint density at radius 2 is 2.37 bits per heavy atom. The first-order valence-electron chi connectivity index (χ1n) is 5.65. The fraction of sp³-hybridized carbons (Fsp3) is 0.600. The fourth-order valence-corrected chi connectivity index (χ4v) is 3.46. The molecule has 1 aromatic rings. The maximum absolute atomic E-state index is 12.1. The number of hydrogen-bond donors (Lipinski definition) is 2. The van der Waals surface area contributed by atoms with Crippen molar-refractivity contribution in [3.05, 3.63) is 17.5 Å². The smallest absolute Gasteiger partial charge is 0.325 e. The molecule has 1 saturated heterocycles. The van der Waals surface area contributed by atoms with E-state index in [9.17, 15) is 13.2 Å². The van der Waals surface area contributed by atoms with E-state index < -0.39 is 21.5 Å². The Morgan fingerprint density at radius 3 is 2.84 bits per heavy atom. The molecule has 1 aliphatic heterocycles. The van der Waals surface area contributed by atoms with Crippen molar-refractivity contribution in [3.8, 4) is 0 Å². The van der Waals surface area contributed by atoms with Crippen molar-refractivity contribution in [2.24, 2.45) is 5.73 Å². The van der Waals surface area contributed by atoms with E-state index in [1.54, 1.807) is 6.92 Å². The summed E-state index contributed by atoms with van der Waals surface area (Å²) in [6.07, 6.45) is 0.0966. The average molecular weight is 289 g/mol. The molecule has 0 spiro atoms. The summed E-state index contributed by atoms with van der Waals surface area (Å²) in [5.41, 5.74) is 4.43. The molecule has 0 amide bonds. The summed E-state index contributed by atoms with van der Waals surface area (Å²) in [6.45, 7) is 1.54. The Kier molecular flexibility index (Phi) is 3.37. The third kappa shape index (κ3) is 2.77. The minimum Gasteiger partial charge on any atom is -0.480 e. The lowest BCUT2D eigenvalue weighted by Gasteiger charge is -2.19. The van der Waals surface area contributed by atoms with Gasteiger partial charge in [-0.2, -0.15) is 4.31 Å². The van der Waals surface area contributed by atoms with Gasteiger partial charge in [-0.05, 0) is 13.3 Å². The van der Waals surface area contributed by atoms with Gasteiger partial charge in [-0.3, -0.25) is 4.79 Å². The van der Waals surface area contributed by atoms with Crippen LogP contribution in [-0.4, -0.2) is 47.6 Å². The molecule has 19 heavy (non-hydrogen) atoms. The topological polar surface area (TPSA) is 127 Å². The zero-order valence-electron chi connectivity index (χ0n) is 10.4. The molecule has 0 saturated carbocycles. The molecule has 1 aromatic heterocycles. The number of aliphatic carboxylic acids is 1. The van der Waals surface area contributed by atoms with Crippen molar-refractivity contribution in [2.75, 3.05) is 13.1 Å². The molecule has 1 aliphatic rings. The van der Waals surface area contributed by atoms with Crippen LogP contribution >= 0.6 is 0 Å². The zero-order chi connectivity index (χ0) is 14.3. The Labute approximate surface area is 110 Å². The second-order valence-corrected chi connectivity index (χ2v) is 6.70. The second-order valence-electron chi connectivity index (χ2n) is 4.73. The van der Waals surface area contributed by atoms with E-state index in [0.717, 1.165) is 4.31 Å². The van der Waals surface area contributed by atoms with Crippen LogP contribution in [0.2, 0.25) is 0 Å². The van der Waals surface area contributed by atoms with E-state index >= 15 is 0 Å². The highest BCUT2D eigenvalue weighted by Crippen LogP contribution is 2.23. The van der Waals surface area contributed by atoms with Crippen LogP contribution in [0.5, 0.6) is 0 Å². The number of hydrogen-bond acceptors (Lipinski definition) is 6. The van der Waals surface area contributed by atoms with Crippen LogP contribution < -0.4 is 5.73 Å². The number of nitrogens with zero attached hydrogens (tertiary/aromatic N) is 2. The van der Waals surface area contributed by atoms with Gasteiger partial charge in [0.15, 0.2) is 0 Å². The van der Waals surface area contributed by atoms with E-state index in [1.165, 1.54) is 6.07 Å². The van der Waals surface area contributed by atoms with Crippen molar-refractivity contribution < 1.29 is 22.8 Å². The Bertz CT molecular complexity index is 596. The maximum Gasteiger partial charge on any atom is 0.325 e. The molecule has 0 bridgehead atoms. The lowest BCUT2D eigenvalue weighted by Crippen LogP contribution is -2.50. The lowest BCUT2D eigenvalue weighted by molar-refractivity contribution is -0.142. The molecule has 3 N–H and O–H groups in total. The zero-order valence-corrected chi connectivity index (χ0v) is 11.2. The Morgan fingerprint density at radius 1 is 1.68 bits per heavy atom. The molecule has 1 unspecified atom stereocenters. The number of aromatic nitrogens is 1. The molecule has 9 heteroatoms. The fourth-order valence-electron chi connectivity index (χ4n) is 1.97. The molecule has 2 heterocycles. The van der Waals surface area contributed by atoms with E-state index in [-0.39, 0.29) is 25.3 Å². The number of carboxylic acids is 1.